The molecule has 0 saturated heterocycles. The zero-order valence-corrected chi connectivity index (χ0v) is 22.4. The van der Waals surface area contributed by atoms with Crippen LogP contribution in [0.4, 0.5) is 31.1 Å². The second-order valence-electron chi connectivity index (χ2n) is 9.28. The fraction of sp³-hybridized carbons (Fsp3) is 0.320. The molecule has 6 nitrogen and oxygen atoms in total. The van der Waals surface area contributed by atoms with Gasteiger partial charge in [-0.15, -0.1) is 0 Å². The Kier molecular flexibility index (Phi) is 6.72. The zero-order valence-electron chi connectivity index (χ0n) is 19.6. The van der Waals surface area contributed by atoms with Crippen LogP contribution in [0, 0.1) is 11.6 Å². The number of benzene rings is 2. The van der Waals surface area contributed by atoms with E-state index in [1.165, 1.54) is 24.3 Å². The average molecular weight is 643 g/mol. The molecule has 0 aromatic heterocycles. The minimum absolute atomic E-state index is 0.0425. The Hall–Kier alpha value is -3.03. The van der Waals surface area contributed by atoms with Gasteiger partial charge in [0.15, 0.2) is 0 Å². The van der Waals surface area contributed by atoms with Gasteiger partial charge >= 0.3 is 220 Å². The summed E-state index contributed by atoms with van der Waals surface area (Å²) >= 11 is -3.59. The van der Waals surface area contributed by atoms with Gasteiger partial charge in [-0.2, -0.15) is 0 Å². The van der Waals surface area contributed by atoms with Crippen LogP contribution in [0.25, 0.3) is 0 Å². The van der Waals surface area contributed by atoms with Crippen molar-refractivity contribution in [1.29, 1.82) is 0 Å². The third kappa shape index (κ3) is 4.56. The molecule has 1 atom stereocenters. The minimum atomic E-state index is -4.46. The molecule has 5 rings (SSSR count). The Morgan fingerprint density at radius 2 is 1.58 bits per heavy atom. The molecular formula is C25H20F6N3O3Sn. The number of hydrogen-bond donors (Lipinski definition) is 1. The summed E-state index contributed by atoms with van der Waals surface area (Å²) in [6.07, 6.45) is -4.69. The van der Waals surface area contributed by atoms with Crippen LogP contribution < -0.4 is 5.73 Å². The summed E-state index contributed by atoms with van der Waals surface area (Å²) in [5.74, 6) is -9.63. The molecule has 3 aliphatic rings. The van der Waals surface area contributed by atoms with Crippen molar-refractivity contribution in [3.63, 3.8) is 0 Å². The van der Waals surface area contributed by atoms with E-state index in [-0.39, 0.29) is 32.9 Å². The van der Waals surface area contributed by atoms with Crippen molar-refractivity contribution >= 4 is 33.5 Å². The summed E-state index contributed by atoms with van der Waals surface area (Å²) in [5.41, 5.74) is 8.12. The third-order valence-corrected chi connectivity index (χ3v) is 14.6. The molecule has 199 valence electrons. The quantitative estimate of drug-likeness (QED) is 0.399. The molecule has 0 spiro atoms. The monoisotopic (exact) mass is 644 g/mol. The normalized spacial score (nSPS) is 22.6. The van der Waals surface area contributed by atoms with Gasteiger partial charge < -0.3 is 0 Å². The number of aliphatic imine (C=N–C) groups is 1. The van der Waals surface area contributed by atoms with E-state index in [9.17, 15) is 35.9 Å². The molecule has 2 N–H and O–H groups in total. The van der Waals surface area contributed by atoms with Crippen LogP contribution in [0.5, 0.6) is 0 Å². The molecule has 13 heteroatoms. The predicted molar refractivity (Wildman–Crippen MR) is 125 cm³/mol. The molecule has 1 fully saturated rings. The maximum absolute atomic E-state index is 13.8. The Labute approximate surface area is 219 Å². The number of nitrogens with two attached hydrogens (primary N) is 1. The zero-order chi connectivity index (χ0) is 27.4. The number of nitrogens with zero attached hydrogens (tertiary/aromatic N) is 2. The number of amides is 1. The fourth-order valence-electron chi connectivity index (χ4n) is 4.76. The van der Waals surface area contributed by atoms with E-state index in [2.05, 4.69) is 9.73 Å². The molecule has 2 heterocycles. The van der Waals surface area contributed by atoms with Gasteiger partial charge in [0.1, 0.15) is 0 Å². The summed E-state index contributed by atoms with van der Waals surface area (Å²) in [4.78, 5) is 31.6. The van der Waals surface area contributed by atoms with Gasteiger partial charge in [0.05, 0.1) is 0 Å². The Morgan fingerprint density at radius 3 is 2.08 bits per heavy atom. The first-order chi connectivity index (χ1) is 17.9. The molecule has 1 aliphatic carbocycles. The van der Waals surface area contributed by atoms with E-state index in [0.29, 0.717) is 16.7 Å². The summed E-state index contributed by atoms with van der Waals surface area (Å²) in [6.45, 7) is -0.328. The van der Waals surface area contributed by atoms with Gasteiger partial charge in [-0.3, -0.25) is 0 Å². The first-order valence-corrected chi connectivity index (χ1v) is 16.1. The Balaban J connectivity index is 1.39. The standard InChI is InChI=1S/C13H9F2.C12H11F4N3O3.Sn/c14-12-5-1-10(2-6-12)9-11-3-7-13(15)8-4-11;13-11(14)3-9(12(11,15)16)22-10(21)19-2-1-7(5-20)8(4-19)18-6-17;/h1-9H;9H,1-4H2,(H2,17,18);. The van der Waals surface area contributed by atoms with E-state index in [1.807, 2.05) is 0 Å². The van der Waals surface area contributed by atoms with E-state index in [0.717, 1.165) is 4.90 Å². The van der Waals surface area contributed by atoms with Crippen molar-refractivity contribution in [2.24, 2.45) is 10.7 Å². The van der Waals surface area contributed by atoms with Crippen LogP contribution in [-0.4, -0.2) is 69.4 Å². The number of carbonyl (C=O) groups is 2. The summed E-state index contributed by atoms with van der Waals surface area (Å²) in [6, 6.07) is 11.2. The number of alkyl halides is 4. The van der Waals surface area contributed by atoms with E-state index < -0.39 is 65.8 Å². The van der Waals surface area contributed by atoms with Gasteiger partial charge in [-0.05, 0) is 0 Å². The summed E-state index contributed by atoms with van der Waals surface area (Å²) in [7, 11) is 0. The fourth-order valence-corrected chi connectivity index (χ4v) is 12.4. The molecule has 0 bridgehead atoms. The maximum atomic E-state index is 13.8. The van der Waals surface area contributed by atoms with Crippen LogP contribution in [-0.2, 0) is 9.53 Å². The van der Waals surface area contributed by atoms with Crippen LogP contribution in [0.1, 0.15) is 27.9 Å². The van der Waals surface area contributed by atoms with Crippen LogP contribution >= 0.6 is 0 Å². The van der Waals surface area contributed by atoms with Gasteiger partial charge in [0.25, 0.3) is 0 Å². The predicted octanol–water partition coefficient (Wildman–Crippen LogP) is 4.29. The number of halogens is 6. The van der Waals surface area contributed by atoms with Crippen molar-refractivity contribution in [3.8, 4) is 0 Å². The second-order valence-corrected chi connectivity index (χ2v) is 16.0. The Morgan fingerprint density at radius 1 is 1.03 bits per heavy atom. The average Bonchev–Trinajstić information content (AvgIpc) is 2.87. The molecule has 1 unspecified atom stereocenters. The Bertz CT molecular complexity index is 1300. The number of carbonyl (C=O) groups excluding carboxylic acids is 2. The van der Waals surface area contributed by atoms with Crippen molar-refractivity contribution in [2.45, 2.75) is 34.7 Å². The first-order valence-electron chi connectivity index (χ1n) is 11.6. The second kappa shape index (κ2) is 9.61. The van der Waals surface area contributed by atoms with Crippen molar-refractivity contribution < 1.29 is 40.7 Å². The molecule has 1 saturated carbocycles. The van der Waals surface area contributed by atoms with Gasteiger partial charge in [0.2, 0.25) is 0 Å². The number of hydrogen-bond acceptors (Lipinski definition) is 5. The van der Waals surface area contributed by atoms with E-state index in [1.54, 1.807) is 24.3 Å². The molecular weight excluding hydrogens is 623 g/mol. The van der Waals surface area contributed by atoms with Crippen molar-refractivity contribution in [1.82, 2.24) is 4.90 Å². The molecule has 2 aromatic carbocycles. The van der Waals surface area contributed by atoms with E-state index >= 15 is 0 Å². The molecule has 38 heavy (non-hydrogen) atoms. The van der Waals surface area contributed by atoms with Crippen molar-refractivity contribution in [2.75, 3.05) is 13.1 Å². The van der Waals surface area contributed by atoms with E-state index in [4.69, 9.17) is 5.73 Å². The van der Waals surface area contributed by atoms with Crippen LogP contribution in [0.3, 0.4) is 0 Å². The topological polar surface area (TPSA) is 85.0 Å². The summed E-state index contributed by atoms with van der Waals surface area (Å²) in [5, 5.41) is 0. The van der Waals surface area contributed by atoms with Gasteiger partial charge in [-0.25, -0.2) is 0 Å². The summed E-state index contributed by atoms with van der Waals surface area (Å²) < 4.78 is 84.5. The van der Waals surface area contributed by atoms with Crippen LogP contribution in [0.2, 0.25) is 0 Å². The molecule has 1 amide bonds. The van der Waals surface area contributed by atoms with Gasteiger partial charge in [0, 0.05) is 0 Å². The SMILES string of the molecule is N[C]1=NC2=C(CCN(C(=O)OC3CC(F)(F)C3(F)F)C2)[C](=O)[Sn]1[CH](c1ccc(F)cc1)c1ccc(F)cc1. The molecule has 1 radical (unpaired) electrons. The molecule has 2 aromatic rings. The number of ether oxygens (including phenoxy) is 1. The molecule has 2 aliphatic heterocycles. The van der Waals surface area contributed by atoms with Crippen LogP contribution in [0.15, 0.2) is 64.8 Å². The first kappa shape index (κ1) is 26.6. The number of amidine groups is 1. The number of rotatable bonds is 4. The third-order valence-electron chi connectivity index (χ3n) is 6.90. The van der Waals surface area contributed by atoms with Gasteiger partial charge in [-0.1, -0.05) is 0 Å². The van der Waals surface area contributed by atoms with Crippen molar-refractivity contribution in [3.05, 3.63) is 82.6 Å².